The average molecular weight is 279 g/mol. The van der Waals surface area contributed by atoms with Gasteiger partial charge >= 0.3 is 0 Å². The second-order valence-electron chi connectivity index (χ2n) is 3.42. The van der Waals surface area contributed by atoms with Crippen LogP contribution in [0.2, 0.25) is 0 Å². The summed E-state index contributed by atoms with van der Waals surface area (Å²) in [6.45, 7) is 1.91. The van der Waals surface area contributed by atoms with Gasteiger partial charge in [0, 0.05) is 12.4 Å². The van der Waals surface area contributed by atoms with Crippen LogP contribution in [0.3, 0.4) is 0 Å². The van der Waals surface area contributed by atoms with Crippen molar-refractivity contribution < 1.29 is 0 Å². The summed E-state index contributed by atoms with van der Waals surface area (Å²) in [4.78, 5) is 8.64. The van der Waals surface area contributed by atoms with Gasteiger partial charge < -0.3 is 9.83 Å². The Balaban J connectivity index is 2.06. The van der Waals surface area contributed by atoms with E-state index in [1.165, 1.54) is 23.1 Å². The van der Waals surface area contributed by atoms with Gasteiger partial charge in [-0.25, -0.2) is 15.8 Å². The van der Waals surface area contributed by atoms with Crippen molar-refractivity contribution in [2.45, 2.75) is 16.3 Å². The van der Waals surface area contributed by atoms with Crippen LogP contribution >= 0.6 is 23.1 Å². The molecule has 9 heteroatoms. The van der Waals surface area contributed by atoms with Gasteiger partial charge in [-0.05, 0) is 18.7 Å². The van der Waals surface area contributed by atoms with Crippen LogP contribution in [0, 0.1) is 6.92 Å². The Hall–Kier alpha value is -1.71. The Kier molecular flexibility index (Phi) is 2.86. The molecule has 0 aliphatic carbocycles. The number of nitrogens with zero attached hydrogens (tertiary/aromatic N) is 5. The van der Waals surface area contributed by atoms with E-state index in [9.17, 15) is 0 Å². The standard InChI is InChI=1S/C9H9N7S2/c1-5-14-15-9(17-5)18-8-7-11-2-3-16(7)4-6(12-8)13-10/h2-4,13H,10H2,1H3. The minimum Gasteiger partial charge on any atom is -0.307 e. The number of anilines is 1. The number of nitrogen functional groups attached to an aromatic ring is 1. The fourth-order valence-corrected chi connectivity index (χ4v) is 3.26. The van der Waals surface area contributed by atoms with E-state index in [-0.39, 0.29) is 0 Å². The Labute approximate surface area is 110 Å². The van der Waals surface area contributed by atoms with Crippen LogP contribution < -0.4 is 11.3 Å². The molecule has 18 heavy (non-hydrogen) atoms. The quantitative estimate of drug-likeness (QED) is 0.551. The van der Waals surface area contributed by atoms with Crippen molar-refractivity contribution in [3.8, 4) is 0 Å². The van der Waals surface area contributed by atoms with Gasteiger partial charge in [0.25, 0.3) is 0 Å². The number of hydrogen-bond acceptors (Lipinski definition) is 8. The summed E-state index contributed by atoms with van der Waals surface area (Å²) in [7, 11) is 0. The molecule has 0 bridgehead atoms. The van der Waals surface area contributed by atoms with Gasteiger partial charge in [0.15, 0.2) is 15.8 Å². The van der Waals surface area contributed by atoms with Gasteiger partial charge in [-0.1, -0.05) is 11.3 Å². The third kappa shape index (κ3) is 2.03. The molecule has 0 aliphatic rings. The van der Waals surface area contributed by atoms with Crippen LogP contribution in [0.15, 0.2) is 28.0 Å². The van der Waals surface area contributed by atoms with Gasteiger partial charge in [0.05, 0.1) is 6.20 Å². The van der Waals surface area contributed by atoms with Crippen LogP contribution in [0.1, 0.15) is 5.01 Å². The molecule has 0 fully saturated rings. The molecule has 3 heterocycles. The zero-order valence-electron chi connectivity index (χ0n) is 9.36. The van der Waals surface area contributed by atoms with Crippen LogP contribution in [0.5, 0.6) is 0 Å². The lowest BCUT2D eigenvalue weighted by molar-refractivity contribution is 0.976. The molecular formula is C9H9N7S2. The summed E-state index contributed by atoms with van der Waals surface area (Å²) in [6, 6.07) is 0. The predicted molar refractivity (Wildman–Crippen MR) is 69.6 cm³/mol. The molecule has 0 saturated heterocycles. The number of aryl methyl sites for hydroxylation is 1. The highest BCUT2D eigenvalue weighted by molar-refractivity contribution is 8.01. The highest BCUT2D eigenvalue weighted by atomic mass is 32.2. The van der Waals surface area contributed by atoms with E-state index >= 15 is 0 Å². The summed E-state index contributed by atoms with van der Waals surface area (Å²) in [5.41, 5.74) is 3.30. The summed E-state index contributed by atoms with van der Waals surface area (Å²) >= 11 is 2.95. The van der Waals surface area contributed by atoms with Gasteiger partial charge in [-0.15, -0.1) is 10.2 Å². The Bertz CT molecular complexity index is 689. The van der Waals surface area contributed by atoms with Crippen molar-refractivity contribution >= 4 is 34.6 Å². The molecule has 3 rings (SSSR count). The zero-order valence-corrected chi connectivity index (χ0v) is 11.0. The van der Waals surface area contributed by atoms with Crippen molar-refractivity contribution in [1.29, 1.82) is 0 Å². The van der Waals surface area contributed by atoms with Crippen LogP contribution in [0.25, 0.3) is 5.65 Å². The van der Waals surface area contributed by atoms with Gasteiger partial charge in [0.2, 0.25) is 0 Å². The Morgan fingerprint density at radius 2 is 2.33 bits per heavy atom. The first-order valence-corrected chi connectivity index (χ1v) is 6.68. The maximum absolute atomic E-state index is 5.40. The lowest BCUT2D eigenvalue weighted by atomic mass is 10.6. The van der Waals surface area contributed by atoms with Gasteiger partial charge in [-0.2, -0.15) is 0 Å². The maximum atomic E-state index is 5.40. The SMILES string of the molecule is Cc1nnc(Sc2nc(NN)cn3ccnc23)s1. The number of aromatic nitrogens is 5. The molecule has 0 aromatic carbocycles. The van der Waals surface area contributed by atoms with Crippen molar-refractivity contribution in [2.75, 3.05) is 5.43 Å². The largest absolute Gasteiger partial charge is 0.307 e. The number of fused-ring (bicyclic) bond motifs is 1. The second-order valence-corrected chi connectivity index (χ2v) is 5.84. The van der Waals surface area contributed by atoms with E-state index in [0.29, 0.717) is 5.82 Å². The van der Waals surface area contributed by atoms with E-state index in [2.05, 4.69) is 25.6 Å². The molecule has 0 amide bonds. The first kappa shape index (κ1) is 11.4. The fraction of sp³-hybridized carbons (Fsp3) is 0.111. The molecule has 0 saturated carbocycles. The molecule has 92 valence electrons. The third-order valence-electron chi connectivity index (χ3n) is 2.18. The minimum absolute atomic E-state index is 0.573. The first-order valence-electron chi connectivity index (χ1n) is 5.04. The number of imidazole rings is 1. The summed E-state index contributed by atoms with van der Waals surface area (Å²) in [5, 5.41) is 9.70. The van der Waals surface area contributed by atoms with Crippen molar-refractivity contribution in [3.05, 3.63) is 23.6 Å². The highest BCUT2D eigenvalue weighted by Crippen LogP contribution is 2.31. The highest BCUT2D eigenvalue weighted by Gasteiger charge is 2.11. The molecule has 3 aromatic heterocycles. The number of hydrazine groups is 1. The van der Waals surface area contributed by atoms with Crippen molar-refractivity contribution in [3.63, 3.8) is 0 Å². The monoisotopic (exact) mass is 279 g/mol. The van der Waals surface area contributed by atoms with E-state index < -0.39 is 0 Å². The van der Waals surface area contributed by atoms with E-state index in [4.69, 9.17) is 5.84 Å². The zero-order chi connectivity index (χ0) is 12.5. The molecule has 0 atom stereocenters. The summed E-state index contributed by atoms with van der Waals surface area (Å²) < 4.78 is 2.69. The van der Waals surface area contributed by atoms with Crippen LogP contribution in [0.4, 0.5) is 5.82 Å². The predicted octanol–water partition coefficient (Wildman–Crippen LogP) is 1.33. The number of hydrogen-bond donors (Lipinski definition) is 2. The normalized spacial score (nSPS) is 11.0. The Morgan fingerprint density at radius 1 is 1.44 bits per heavy atom. The summed E-state index contributed by atoms with van der Waals surface area (Å²) in [6.07, 6.45) is 5.33. The van der Waals surface area contributed by atoms with E-state index in [1.54, 1.807) is 12.4 Å². The molecule has 0 aliphatic heterocycles. The molecule has 3 aromatic rings. The second kappa shape index (κ2) is 4.52. The number of rotatable bonds is 3. The van der Waals surface area contributed by atoms with Crippen molar-refractivity contribution in [1.82, 2.24) is 24.6 Å². The molecule has 0 radical (unpaired) electrons. The number of nitrogens with two attached hydrogens (primary N) is 1. The fourth-order valence-electron chi connectivity index (χ4n) is 1.44. The first-order chi connectivity index (χ1) is 8.76. The van der Waals surface area contributed by atoms with Gasteiger partial charge in [-0.3, -0.25) is 0 Å². The van der Waals surface area contributed by atoms with Crippen LogP contribution in [-0.4, -0.2) is 24.6 Å². The third-order valence-corrected chi connectivity index (χ3v) is 4.04. The molecule has 7 nitrogen and oxygen atoms in total. The minimum atomic E-state index is 0.573. The van der Waals surface area contributed by atoms with Crippen molar-refractivity contribution in [2.24, 2.45) is 5.84 Å². The smallest absolute Gasteiger partial charge is 0.180 e. The van der Waals surface area contributed by atoms with E-state index in [0.717, 1.165) is 20.0 Å². The topological polar surface area (TPSA) is 94.0 Å². The molecule has 0 unspecified atom stereocenters. The van der Waals surface area contributed by atoms with E-state index in [1.807, 2.05) is 17.5 Å². The molecular weight excluding hydrogens is 270 g/mol. The Morgan fingerprint density at radius 3 is 3.06 bits per heavy atom. The summed E-state index contributed by atoms with van der Waals surface area (Å²) in [5.74, 6) is 5.97. The maximum Gasteiger partial charge on any atom is 0.180 e. The molecule has 0 spiro atoms. The van der Waals surface area contributed by atoms with Crippen LogP contribution in [-0.2, 0) is 0 Å². The number of nitrogens with one attached hydrogen (secondary N) is 1. The van der Waals surface area contributed by atoms with Gasteiger partial charge in [0.1, 0.15) is 10.0 Å². The lowest BCUT2D eigenvalue weighted by Gasteiger charge is -2.04. The molecule has 3 N–H and O–H groups in total. The lowest BCUT2D eigenvalue weighted by Crippen LogP contribution is -2.10. The average Bonchev–Trinajstić information content (AvgIpc) is 2.98.